The fourth-order valence-electron chi connectivity index (χ4n) is 2.98. The van der Waals surface area contributed by atoms with Gasteiger partial charge in [0.15, 0.2) is 0 Å². The first-order chi connectivity index (χ1) is 10.6. The zero-order valence-electron chi connectivity index (χ0n) is 12.4. The van der Waals surface area contributed by atoms with E-state index in [-0.39, 0.29) is 5.91 Å². The maximum Gasteiger partial charge on any atom is 0.280 e. The van der Waals surface area contributed by atoms with Gasteiger partial charge in [0.05, 0.1) is 0 Å². The van der Waals surface area contributed by atoms with Gasteiger partial charge >= 0.3 is 0 Å². The highest BCUT2D eigenvalue weighted by Crippen LogP contribution is 2.20. The number of nitrogens with zero attached hydrogens (tertiary/aromatic N) is 1. The lowest BCUT2D eigenvalue weighted by Crippen LogP contribution is -2.51. The van der Waals surface area contributed by atoms with E-state index >= 15 is 0 Å². The molecule has 1 fully saturated rings. The molecule has 2 heterocycles. The van der Waals surface area contributed by atoms with Gasteiger partial charge in [0.1, 0.15) is 6.04 Å². The lowest BCUT2D eigenvalue weighted by atomic mass is 10.0. The summed E-state index contributed by atoms with van der Waals surface area (Å²) in [4.78, 5) is 11.9. The quantitative estimate of drug-likeness (QED) is 0.852. The fourth-order valence-corrected chi connectivity index (χ4v) is 4.36. The van der Waals surface area contributed by atoms with E-state index in [1.54, 1.807) is 0 Å². The van der Waals surface area contributed by atoms with E-state index in [2.05, 4.69) is 10.0 Å². The molecular formula is C15H21N3O3S. The minimum Gasteiger partial charge on any atom is -0.355 e. The Bertz CT molecular complexity index is 660. The smallest absolute Gasteiger partial charge is 0.280 e. The van der Waals surface area contributed by atoms with Crippen molar-refractivity contribution < 1.29 is 13.2 Å². The number of fused-ring (bicyclic) bond motifs is 1. The second-order valence-corrected chi connectivity index (χ2v) is 7.52. The molecule has 120 valence electrons. The number of amides is 1. The van der Waals surface area contributed by atoms with E-state index in [0.29, 0.717) is 32.5 Å². The third kappa shape index (κ3) is 3.31. The molecule has 2 N–H and O–H groups in total. The summed E-state index contributed by atoms with van der Waals surface area (Å²) in [6.07, 6.45) is 2.99. The van der Waals surface area contributed by atoms with Crippen LogP contribution in [0.4, 0.5) is 0 Å². The van der Waals surface area contributed by atoms with Crippen LogP contribution in [0.3, 0.4) is 0 Å². The predicted molar refractivity (Wildman–Crippen MR) is 83.3 cm³/mol. The van der Waals surface area contributed by atoms with E-state index in [9.17, 15) is 13.2 Å². The van der Waals surface area contributed by atoms with Gasteiger partial charge in [-0.2, -0.15) is 17.4 Å². The zero-order valence-corrected chi connectivity index (χ0v) is 13.2. The lowest BCUT2D eigenvalue weighted by Gasteiger charge is -2.29. The number of benzene rings is 1. The van der Waals surface area contributed by atoms with Crippen molar-refractivity contribution in [3.63, 3.8) is 0 Å². The van der Waals surface area contributed by atoms with E-state index in [4.69, 9.17) is 0 Å². The standard InChI is InChI=1S/C15H21N3O3S/c19-15-14(7-3-4-9-16-15)17-22(20,21)18-10-8-12-5-1-2-6-13(12)11-18/h1-2,5-6,14,17H,3-4,7-11H2,(H,16,19)/t14-/m0/s1. The molecule has 0 saturated carbocycles. The molecule has 2 aliphatic rings. The van der Waals surface area contributed by atoms with Crippen molar-refractivity contribution in [2.24, 2.45) is 0 Å². The number of nitrogens with one attached hydrogen (secondary N) is 2. The molecule has 1 aromatic rings. The Morgan fingerprint density at radius 1 is 1.18 bits per heavy atom. The van der Waals surface area contributed by atoms with Crippen LogP contribution >= 0.6 is 0 Å². The van der Waals surface area contributed by atoms with Gasteiger partial charge < -0.3 is 5.32 Å². The maximum atomic E-state index is 12.6. The summed E-state index contributed by atoms with van der Waals surface area (Å²) in [7, 11) is -3.65. The minimum atomic E-state index is -3.65. The molecule has 0 unspecified atom stereocenters. The van der Waals surface area contributed by atoms with Crippen molar-refractivity contribution in [3.05, 3.63) is 35.4 Å². The second-order valence-electron chi connectivity index (χ2n) is 5.81. The van der Waals surface area contributed by atoms with Crippen LogP contribution in [0.15, 0.2) is 24.3 Å². The van der Waals surface area contributed by atoms with Gasteiger partial charge in [-0.05, 0) is 36.8 Å². The topological polar surface area (TPSA) is 78.5 Å². The normalized spacial score (nSPS) is 23.5. The Hall–Kier alpha value is -1.44. The summed E-state index contributed by atoms with van der Waals surface area (Å²) in [5.41, 5.74) is 2.23. The second kappa shape index (κ2) is 6.36. The molecule has 2 aliphatic heterocycles. The Morgan fingerprint density at radius 3 is 2.77 bits per heavy atom. The summed E-state index contributed by atoms with van der Waals surface area (Å²) >= 11 is 0. The SMILES string of the molecule is O=C1NCCCC[C@@H]1NS(=O)(=O)N1CCc2ccccc2C1. The Labute approximate surface area is 131 Å². The lowest BCUT2D eigenvalue weighted by molar-refractivity contribution is -0.122. The molecule has 0 radical (unpaired) electrons. The van der Waals surface area contributed by atoms with Gasteiger partial charge in [-0.15, -0.1) is 0 Å². The van der Waals surface area contributed by atoms with Crippen LogP contribution in [0, 0.1) is 0 Å². The fraction of sp³-hybridized carbons (Fsp3) is 0.533. The van der Waals surface area contributed by atoms with Gasteiger partial charge in [-0.3, -0.25) is 4.79 Å². The van der Waals surface area contributed by atoms with Crippen LogP contribution in [0.5, 0.6) is 0 Å². The molecule has 1 aromatic carbocycles. The molecule has 0 aromatic heterocycles. The van der Waals surface area contributed by atoms with E-state index in [1.807, 2.05) is 24.3 Å². The van der Waals surface area contributed by atoms with Crippen LogP contribution in [0.1, 0.15) is 30.4 Å². The maximum absolute atomic E-state index is 12.6. The first-order valence-corrected chi connectivity index (χ1v) is 9.12. The Balaban J connectivity index is 1.72. The molecule has 3 rings (SSSR count). The summed E-state index contributed by atoms with van der Waals surface area (Å²) < 4.78 is 29.1. The molecule has 22 heavy (non-hydrogen) atoms. The van der Waals surface area contributed by atoms with Crippen molar-refractivity contribution in [2.75, 3.05) is 13.1 Å². The van der Waals surface area contributed by atoms with E-state index < -0.39 is 16.3 Å². The molecule has 1 saturated heterocycles. The monoisotopic (exact) mass is 323 g/mol. The van der Waals surface area contributed by atoms with Crippen LogP contribution in [0.2, 0.25) is 0 Å². The van der Waals surface area contributed by atoms with Crippen LogP contribution in [-0.4, -0.2) is 37.8 Å². The molecule has 1 amide bonds. The first-order valence-electron chi connectivity index (χ1n) is 7.68. The molecule has 7 heteroatoms. The largest absolute Gasteiger partial charge is 0.355 e. The highest BCUT2D eigenvalue weighted by atomic mass is 32.2. The highest BCUT2D eigenvalue weighted by molar-refractivity contribution is 7.87. The van der Waals surface area contributed by atoms with Gasteiger partial charge in [0.25, 0.3) is 10.2 Å². The average Bonchev–Trinajstić information content (AvgIpc) is 2.71. The van der Waals surface area contributed by atoms with E-state index in [0.717, 1.165) is 18.4 Å². The number of hydrogen-bond donors (Lipinski definition) is 2. The van der Waals surface area contributed by atoms with Crippen molar-refractivity contribution in [3.8, 4) is 0 Å². The average molecular weight is 323 g/mol. The van der Waals surface area contributed by atoms with Crippen molar-refractivity contribution in [2.45, 2.75) is 38.3 Å². The molecule has 0 bridgehead atoms. The van der Waals surface area contributed by atoms with Crippen molar-refractivity contribution in [1.82, 2.24) is 14.3 Å². The molecular weight excluding hydrogens is 302 g/mol. The molecule has 6 nitrogen and oxygen atoms in total. The third-order valence-corrected chi connectivity index (χ3v) is 5.84. The molecule has 1 atom stereocenters. The summed E-state index contributed by atoms with van der Waals surface area (Å²) in [5, 5.41) is 2.75. The number of carbonyl (C=O) groups is 1. The van der Waals surface area contributed by atoms with Crippen molar-refractivity contribution in [1.29, 1.82) is 0 Å². The van der Waals surface area contributed by atoms with Gasteiger partial charge in [-0.25, -0.2) is 0 Å². The number of hydrogen-bond acceptors (Lipinski definition) is 3. The van der Waals surface area contributed by atoms with Gasteiger partial charge in [-0.1, -0.05) is 24.3 Å². The van der Waals surface area contributed by atoms with Crippen LogP contribution < -0.4 is 10.0 Å². The minimum absolute atomic E-state index is 0.224. The summed E-state index contributed by atoms with van der Waals surface area (Å²) in [6.45, 7) is 1.43. The number of carbonyl (C=O) groups excluding carboxylic acids is 1. The zero-order chi connectivity index (χ0) is 15.6. The van der Waals surface area contributed by atoms with Gasteiger partial charge in [0.2, 0.25) is 5.91 Å². The molecule has 0 spiro atoms. The third-order valence-electron chi connectivity index (χ3n) is 4.26. The number of rotatable bonds is 3. The Kier molecular flexibility index (Phi) is 4.46. The highest BCUT2D eigenvalue weighted by Gasteiger charge is 2.31. The van der Waals surface area contributed by atoms with Crippen LogP contribution in [0.25, 0.3) is 0 Å². The summed E-state index contributed by atoms with van der Waals surface area (Å²) in [5.74, 6) is -0.224. The van der Waals surface area contributed by atoms with Gasteiger partial charge in [0, 0.05) is 19.6 Å². The van der Waals surface area contributed by atoms with Crippen molar-refractivity contribution >= 4 is 16.1 Å². The molecule has 0 aliphatic carbocycles. The first kappa shape index (κ1) is 15.5. The Morgan fingerprint density at radius 2 is 1.95 bits per heavy atom. The van der Waals surface area contributed by atoms with E-state index in [1.165, 1.54) is 9.87 Å². The summed E-state index contributed by atoms with van der Waals surface area (Å²) in [6, 6.07) is 7.21. The van der Waals surface area contributed by atoms with Crippen LogP contribution in [-0.2, 0) is 28.0 Å². The predicted octanol–water partition coefficient (Wildman–Crippen LogP) is 0.548.